The predicted octanol–water partition coefficient (Wildman–Crippen LogP) is 2.70. The van der Waals surface area contributed by atoms with Crippen LogP contribution in [0.1, 0.15) is 44.9 Å². The second-order valence-corrected chi connectivity index (χ2v) is 8.82. The molecule has 0 bridgehead atoms. The van der Waals surface area contributed by atoms with Crippen molar-refractivity contribution in [2.24, 2.45) is 0 Å². The molecule has 0 aliphatic heterocycles. The number of ether oxygens (including phenoxy) is 2. The minimum Gasteiger partial charge on any atom is -0.497 e. The summed E-state index contributed by atoms with van der Waals surface area (Å²) in [4.78, 5) is 12.6. The summed E-state index contributed by atoms with van der Waals surface area (Å²) in [5, 5.41) is 3.01. The van der Waals surface area contributed by atoms with Gasteiger partial charge in [-0.05, 0) is 25.0 Å². The molecule has 1 aromatic carbocycles. The number of methoxy groups -OCH3 is 2. The highest BCUT2D eigenvalue weighted by Gasteiger charge is 2.25. The van der Waals surface area contributed by atoms with Crippen LogP contribution in [0.5, 0.6) is 11.5 Å². The quantitative estimate of drug-likeness (QED) is 0.763. The summed E-state index contributed by atoms with van der Waals surface area (Å²) >= 11 is 0. The highest BCUT2D eigenvalue weighted by atomic mass is 32.2. The number of nitrogens with zero attached hydrogens (tertiary/aromatic N) is 1. The second-order valence-electron chi connectivity index (χ2n) is 6.92. The summed E-state index contributed by atoms with van der Waals surface area (Å²) in [7, 11) is -0.731. The zero-order valence-electron chi connectivity index (χ0n) is 16.4. The SMILES string of the molecule is COc1ccc(OC)c(N(CC(=O)NC2CCCCCCC2)S(C)(=O)=O)c1. The van der Waals surface area contributed by atoms with E-state index in [0.717, 1.165) is 36.2 Å². The number of carbonyl (C=O) groups excluding carboxylic acids is 1. The molecule has 0 aromatic heterocycles. The van der Waals surface area contributed by atoms with Gasteiger partial charge in [0.05, 0.1) is 26.2 Å². The number of sulfonamides is 1. The first-order valence-corrected chi connectivity index (χ1v) is 11.2. The van der Waals surface area contributed by atoms with Gasteiger partial charge in [-0.15, -0.1) is 0 Å². The first kappa shape index (κ1) is 21.3. The standard InChI is InChI=1S/C19H30N2O5S/c1-25-16-11-12-18(26-2)17(13-16)21(27(3,23)24)14-19(22)20-15-9-7-5-4-6-8-10-15/h11-13,15H,4-10,14H2,1-3H3,(H,20,22). The zero-order chi connectivity index (χ0) is 19.9. The van der Waals surface area contributed by atoms with Crippen LogP contribution in [0.25, 0.3) is 0 Å². The minimum absolute atomic E-state index is 0.103. The van der Waals surface area contributed by atoms with Gasteiger partial charge in [-0.2, -0.15) is 0 Å². The van der Waals surface area contributed by atoms with Gasteiger partial charge in [-0.3, -0.25) is 9.10 Å². The molecule has 0 radical (unpaired) electrons. The van der Waals surface area contributed by atoms with Gasteiger partial charge in [0, 0.05) is 12.1 Å². The Balaban J connectivity index is 2.18. The van der Waals surface area contributed by atoms with Crippen LogP contribution in [0, 0.1) is 0 Å². The van der Waals surface area contributed by atoms with E-state index in [1.54, 1.807) is 18.2 Å². The van der Waals surface area contributed by atoms with Gasteiger partial charge in [0.1, 0.15) is 18.0 Å². The fourth-order valence-corrected chi connectivity index (χ4v) is 4.23. The average molecular weight is 399 g/mol. The summed E-state index contributed by atoms with van der Waals surface area (Å²) in [5.74, 6) is 0.538. The van der Waals surface area contributed by atoms with Gasteiger partial charge in [-0.1, -0.05) is 32.1 Å². The van der Waals surface area contributed by atoms with Crippen molar-refractivity contribution >= 4 is 21.6 Å². The Morgan fingerprint density at radius 3 is 2.30 bits per heavy atom. The highest BCUT2D eigenvalue weighted by Crippen LogP contribution is 2.33. The number of nitrogens with one attached hydrogen (secondary N) is 1. The molecule has 1 aliphatic rings. The maximum absolute atomic E-state index is 12.6. The van der Waals surface area contributed by atoms with Crippen molar-refractivity contribution in [1.82, 2.24) is 5.32 Å². The third-order valence-corrected chi connectivity index (χ3v) is 5.94. The first-order chi connectivity index (χ1) is 12.8. The van der Waals surface area contributed by atoms with Crippen LogP contribution >= 0.6 is 0 Å². The minimum atomic E-state index is -3.69. The summed E-state index contributed by atoms with van der Waals surface area (Å²) in [6, 6.07) is 4.96. The van der Waals surface area contributed by atoms with Crippen LogP contribution in [0.15, 0.2) is 18.2 Å². The molecule has 7 nitrogen and oxygen atoms in total. The number of amides is 1. The Bertz CT molecular complexity index is 728. The number of carbonyl (C=O) groups is 1. The largest absolute Gasteiger partial charge is 0.497 e. The Morgan fingerprint density at radius 1 is 1.11 bits per heavy atom. The molecule has 1 saturated carbocycles. The summed E-state index contributed by atoms with van der Waals surface area (Å²) in [5.41, 5.74) is 0.284. The maximum atomic E-state index is 12.6. The second kappa shape index (κ2) is 9.82. The Labute approximate surface area is 162 Å². The Hall–Kier alpha value is -1.96. The van der Waals surface area contributed by atoms with Gasteiger partial charge in [-0.25, -0.2) is 8.42 Å². The van der Waals surface area contributed by atoms with Crippen molar-refractivity contribution in [2.45, 2.75) is 51.0 Å². The predicted molar refractivity (Wildman–Crippen MR) is 106 cm³/mol. The molecule has 0 atom stereocenters. The molecule has 1 aliphatic carbocycles. The van der Waals surface area contributed by atoms with Crippen molar-refractivity contribution in [3.05, 3.63) is 18.2 Å². The molecule has 0 unspecified atom stereocenters. The number of hydrogen-bond donors (Lipinski definition) is 1. The number of benzene rings is 1. The molecule has 152 valence electrons. The number of anilines is 1. The van der Waals surface area contributed by atoms with Crippen LogP contribution < -0.4 is 19.1 Å². The van der Waals surface area contributed by atoms with E-state index in [2.05, 4.69) is 5.32 Å². The van der Waals surface area contributed by atoms with Crippen LogP contribution in [0.2, 0.25) is 0 Å². The van der Waals surface area contributed by atoms with E-state index in [9.17, 15) is 13.2 Å². The average Bonchev–Trinajstić information content (AvgIpc) is 2.60. The lowest BCUT2D eigenvalue weighted by Gasteiger charge is -2.26. The van der Waals surface area contributed by atoms with E-state index >= 15 is 0 Å². The normalized spacial score (nSPS) is 16.1. The van der Waals surface area contributed by atoms with Crippen LogP contribution in [0.4, 0.5) is 5.69 Å². The molecular formula is C19H30N2O5S. The third kappa shape index (κ3) is 6.30. The maximum Gasteiger partial charge on any atom is 0.240 e. The van der Waals surface area contributed by atoms with Gasteiger partial charge in [0.15, 0.2) is 0 Å². The Kier molecular flexibility index (Phi) is 7.77. The summed E-state index contributed by atoms with van der Waals surface area (Å²) < 4.78 is 36.3. The van der Waals surface area contributed by atoms with Gasteiger partial charge in [0.25, 0.3) is 0 Å². The Morgan fingerprint density at radius 2 is 1.74 bits per heavy atom. The van der Waals surface area contributed by atoms with E-state index in [4.69, 9.17) is 9.47 Å². The van der Waals surface area contributed by atoms with E-state index in [0.29, 0.717) is 11.5 Å². The van der Waals surface area contributed by atoms with Crippen LogP contribution in [-0.4, -0.2) is 47.4 Å². The lowest BCUT2D eigenvalue weighted by atomic mass is 9.97. The lowest BCUT2D eigenvalue weighted by Crippen LogP contribution is -2.44. The van der Waals surface area contributed by atoms with E-state index < -0.39 is 10.0 Å². The summed E-state index contributed by atoms with van der Waals surface area (Å²) in [6.45, 7) is -0.293. The van der Waals surface area contributed by atoms with Crippen molar-refractivity contribution in [3.8, 4) is 11.5 Å². The van der Waals surface area contributed by atoms with E-state index in [1.807, 2.05) is 0 Å². The fraction of sp³-hybridized carbons (Fsp3) is 0.632. The van der Waals surface area contributed by atoms with E-state index in [1.165, 1.54) is 33.5 Å². The van der Waals surface area contributed by atoms with Crippen molar-refractivity contribution in [1.29, 1.82) is 0 Å². The molecule has 1 N–H and O–H groups in total. The zero-order valence-corrected chi connectivity index (χ0v) is 17.2. The van der Waals surface area contributed by atoms with Crippen molar-refractivity contribution in [2.75, 3.05) is 31.3 Å². The molecule has 0 heterocycles. The topological polar surface area (TPSA) is 84.9 Å². The third-order valence-electron chi connectivity index (χ3n) is 4.81. The highest BCUT2D eigenvalue weighted by molar-refractivity contribution is 7.92. The molecule has 27 heavy (non-hydrogen) atoms. The molecule has 1 amide bonds. The molecular weight excluding hydrogens is 368 g/mol. The molecule has 2 rings (SSSR count). The molecule has 1 fully saturated rings. The lowest BCUT2D eigenvalue weighted by molar-refractivity contribution is -0.120. The monoisotopic (exact) mass is 398 g/mol. The van der Waals surface area contributed by atoms with Crippen LogP contribution in [0.3, 0.4) is 0 Å². The van der Waals surface area contributed by atoms with E-state index in [-0.39, 0.29) is 24.2 Å². The summed E-state index contributed by atoms with van der Waals surface area (Å²) in [6.07, 6.45) is 8.74. The van der Waals surface area contributed by atoms with Gasteiger partial charge < -0.3 is 14.8 Å². The molecule has 0 spiro atoms. The molecule has 8 heteroatoms. The van der Waals surface area contributed by atoms with Crippen LogP contribution in [-0.2, 0) is 14.8 Å². The molecule has 1 aromatic rings. The number of rotatable bonds is 7. The first-order valence-electron chi connectivity index (χ1n) is 9.34. The van der Waals surface area contributed by atoms with Gasteiger partial charge >= 0.3 is 0 Å². The fourth-order valence-electron chi connectivity index (χ4n) is 3.38. The van der Waals surface area contributed by atoms with Crippen molar-refractivity contribution < 1.29 is 22.7 Å². The molecule has 0 saturated heterocycles. The van der Waals surface area contributed by atoms with Crippen molar-refractivity contribution in [3.63, 3.8) is 0 Å². The smallest absolute Gasteiger partial charge is 0.240 e. The van der Waals surface area contributed by atoms with Gasteiger partial charge in [0.2, 0.25) is 15.9 Å². The number of hydrogen-bond acceptors (Lipinski definition) is 5.